The van der Waals surface area contributed by atoms with Gasteiger partial charge in [0.25, 0.3) is 0 Å². The molecular weight excluding hydrogens is 182 g/mol. The molecule has 0 amide bonds. The minimum Gasteiger partial charge on any atom is -0.256 e. The van der Waals surface area contributed by atoms with Gasteiger partial charge in [-0.1, -0.05) is 44.7 Å². The van der Waals surface area contributed by atoms with E-state index in [2.05, 4.69) is 18.1 Å². The van der Waals surface area contributed by atoms with Crippen molar-refractivity contribution in [3.8, 4) is 0 Å². The number of pyridine rings is 1. The first-order valence-electron chi connectivity index (χ1n) is 4.17. The zero-order valence-electron chi connectivity index (χ0n) is 8.05. The summed E-state index contributed by atoms with van der Waals surface area (Å²) in [4.78, 5) is 4.06. The number of hydrogen-bond donors (Lipinski definition) is 0. The Morgan fingerprint density at radius 1 is 1.31 bits per heavy atom. The maximum absolute atomic E-state index is 5.63. The highest BCUT2D eigenvalue weighted by Gasteiger charge is 1.99. The summed E-state index contributed by atoms with van der Waals surface area (Å²) in [6.07, 6.45) is 1.69. The fraction of sp³-hybridized carbons (Fsp3) is 0.182. The summed E-state index contributed by atoms with van der Waals surface area (Å²) >= 11 is 5.63. The molecule has 70 valence electrons. The van der Waals surface area contributed by atoms with Gasteiger partial charge < -0.3 is 0 Å². The zero-order valence-corrected chi connectivity index (χ0v) is 8.80. The van der Waals surface area contributed by atoms with Crippen LogP contribution < -0.4 is 0 Å². The molecule has 1 aromatic rings. The predicted molar refractivity (Wildman–Crippen MR) is 59.6 cm³/mol. The van der Waals surface area contributed by atoms with E-state index in [1.807, 2.05) is 32.0 Å². The molecule has 1 nitrogen and oxygen atoms in total. The van der Waals surface area contributed by atoms with Crippen molar-refractivity contribution in [2.45, 2.75) is 13.8 Å². The molecule has 0 spiro atoms. The topological polar surface area (TPSA) is 12.9 Å². The highest BCUT2D eigenvalue weighted by atomic mass is 35.5. The second kappa shape index (κ2) is 6.44. The lowest BCUT2D eigenvalue weighted by atomic mass is 10.2. The maximum atomic E-state index is 5.63. The highest BCUT2D eigenvalue weighted by molar-refractivity contribution is 6.36. The van der Waals surface area contributed by atoms with Crippen LogP contribution in [0.5, 0.6) is 0 Å². The Morgan fingerprint density at radius 2 is 1.92 bits per heavy atom. The normalized spacial score (nSPS) is 8.23. The summed E-state index contributed by atoms with van der Waals surface area (Å²) in [7, 11) is 0. The van der Waals surface area contributed by atoms with Crippen molar-refractivity contribution >= 4 is 17.2 Å². The Kier molecular flexibility index (Phi) is 5.90. The summed E-state index contributed by atoms with van der Waals surface area (Å²) in [5, 5.41) is 0.434. The summed E-state index contributed by atoms with van der Waals surface area (Å²) < 4.78 is 0. The Bertz CT molecular complexity index is 277. The summed E-state index contributed by atoms with van der Waals surface area (Å²) in [5.41, 5.74) is 1.44. The van der Waals surface area contributed by atoms with Crippen LogP contribution in [0.2, 0.25) is 0 Å². The van der Waals surface area contributed by atoms with E-state index in [1.165, 1.54) is 0 Å². The highest BCUT2D eigenvalue weighted by Crippen LogP contribution is 2.19. The lowest BCUT2D eigenvalue weighted by molar-refractivity contribution is 1.28. The van der Waals surface area contributed by atoms with Gasteiger partial charge in [-0.25, -0.2) is 0 Å². The molecule has 0 saturated carbocycles. The molecule has 13 heavy (non-hydrogen) atoms. The van der Waals surface area contributed by atoms with Crippen molar-refractivity contribution in [2.75, 3.05) is 0 Å². The molecule has 0 fully saturated rings. The quantitative estimate of drug-likeness (QED) is 0.653. The van der Waals surface area contributed by atoms with E-state index in [-0.39, 0.29) is 0 Å². The SMILES string of the molecule is C=C(Cl)C(=C)c1ccccn1.CC. The third-order valence-corrected chi connectivity index (χ3v) is 1.53. The third kappa shape index (κ3) is 3.90. The maximum Gasteiger partial charge on any atom is 0.0710 e. The van der Waals surface area contributed by atoms with Gasteiger partial charge in [0.05, 0.1) is 5.69 Å². The fourth-order valence-corrected chi connectivity index (χ4v) is 0.777. The molecule has 1 heterocycles. The van der Waals surface area contributed by atoms with Gasteiger partial charge in [-0.15, -0.1) is 0 Å². The fourth-order valence-electron chi connectivity index (χ4n) is 0.680. The molecule has 0 aliphatic carbocycles. The van der Waals surface area contributed by atoms with Crippen LogP contribution in [0.15, 0.2) is 42.6 Å². The average molecular weight is 196 g/mol. The smallest absolute Gasteiger partial charge is 0.0710 e. The Morgan fingerprint density at radius 3 is 2.31 bits per heavy atom. The molecule has 0 aliphatic rings. The monoisotopic (exact) mass is 195 g/mol. The van der Waals surface area contributed by atoms with Gasteiger partial charge in [0.15, 0.2) is 0 Å². The first kappa shape index (κ1) is 11.9. The van der Waals surface area contributed by atoms with E-state index in [4.69, 9.17) is 11.6 Å². The number of aromatic nitrogens is 1. The standard InChI is InChI=1S/C9H8ClN.C2H6/c1-7(8(2)10)9-5-3-4-6-11-9;1-2/h3-6H,1-2H2;1-2H3. The molecule has 0 aromatic carbocycles. The van der Waals surface area contributed by atoms with Crippen LogP contribution in [0.3, 0.4) is 0 Å². The first-order valence-corrected chi connectivity index (χ1v) is 4.54. The van der Waals surface area contributed by atoms with E-state index in [9.17, 15) is 0 Å². The number of allylic oxidation sites excluding steroid dienone is 2. The van der Waals surface area contributed by atoms with Crippen LogP contribution in [0, 0.1) is 0 Å². The molecule has 0 saturated heterocycles. The second-order valence-corrected chi connectivity index (χ2v) is 2.55. The zero-order chi connectivity index (χ0) is 10.3. The van der Waals surface area contributed by atoms with Gasteiger partial charge in [-0.2, -0.15) is 0 Å². The lowest BCUT2D eigenvalue weighted by Crippen LogP contribution is -1.84. The minimum absolute atomic E-state index is 0.434. The summed E-state index contributed by atoms with van der Waals surface area (Å²) in [6.45, 7) is 11.3. The van der Waals surface area contributed by atoms with Crippen LogP contribution in [0.25, 0.3) is 5.57 Å². The molecule has 0 bridgehead atoms. The molecule has 0 N–H and O–H groups in total. The van der Waals surface area contributed by atoms with Gasteiger partial charge in [0.1, 0.15) is 0 Å². The van der Waals surface area contributed by atoms with Crippen LogP contribution in [0.4, 0.5) is 0 Å². The van der Waals surface area contributed by atoms with Gasteiger partial charge in [0.2, 0.25) is 0 Å². The molecule has 1 aromatic heterocycles. The van der Waals surface area contributed by atoms with E-state index < -0.39 is 0 Å². The molecule has 0 unspecified atom stereocenters. The van der Waals surface area contributed by atoms with Crippen molar-refractivity contribution in [3.63, 3.8) is 0 Å². The summed E-state index contributed by atoms with van der Waals surface area (Å²) in [5.74, 6) is 0. The molecule has 2 heteroatoms. The van der Waals surface area contributed by atoms with Crippen molar-refractivity contribution in [2.24, 2.45) is 0 Å². The van der Waals surface area contributed by atoms with E-state index in [0.717, 1.165) is 5.69 Å². The summed E-state index contributed by atoms with van der Waals surface area (Å²) in [6, 6.07) is 5.57. The Balaban J connectivity index is 0.000000671. The largest absolute Gasteiger partial charge is 0.256 e. The molecular formula is C11H14ClN. The first-order chi connectivity index (χ1) is 6.22. The van der Waals surface area contributed by atoms with Gasteiger partial charge in [-0.3, -0.25) is 4.98 Å². The van der Waals surface area contributed by atoms with Crippen LogP contribution in [-0.4, -0.2) is 4.98 Å². The van der Waals surface area contributed by atoms with Crippen molar-refractivity contribution in [1.29, 1.82) is 0 Å². The third-order valence-electron chi connectivity index (χ3n) is 1.30. The second-order valence-electron chi connectivity index (χ2n) is 2.10. The Labute approximate surface area is 84.8 Å². The molecule has 1 rings (SSSR count). The number of nitrogens with zero attached hydrogens (tertiary/aromatic N) is 1. The molecule has 0 aliphatic heterocycles. The van der Waals surface area contributed by atoms with Crippen LogP contribution in [0.1, 0.15) is 19.5 Å². The van der Waals surface area contributed by atoms with E-state index >= 15 is 0 Å². The van der Waals surface area contributed by atoms with E-state index in [1.54, 1.807) is 6.20 Å². The van der Waals surface area contributed by atoms with Crippen molar-refractivity contribution in [3.05, 3.63) is 48.3 Å². The van der Waals surface area contributed by atoms with Gasteiger partial charge >= 0.3 is 0 Å². The minimum atomic E-state index is 0.434. The van der Waals surface area contributed by atoms with E-state index in [0.29, 0.717) is 10.6 Å². The lowest BCUT2D eigenvalue weighted by Gasteiger charge is -1.99. The number of hydrogen-bond acceptors (Lipinski definition) is 1. The van der Waals surface area contributed by atoms with Crippen molar-refractivity contribution < 1.29 is 0 Å². The predicted octanol–water partition coefficient (Wildman–Crippen LogP) is 3.87. The molecule has 0 atom stereocenters. The number of halogens is 1. The number of rotatable bonds is 2. The Hall–Kier alpha value is -1.08. The van der Waals surface area contributed by atoms with Crippen LogP contribution >= 0.6 is 11.6 Å². The molecule has 0 radical (unpaired) electrons. The van der Waals surface area contributed by atoms with Gasteiger partial charge in [0, 0.05) is 16.8 Å². The van der Waals surface area contributed by atoms with Crippen molar-refractivity contribution in [1.82, 2.24) is 4.98 Å². The average Bonchev–Trinajstić information content (AvgIpc) is 2.21. The van der Waals surface area contributed by atoms with Crippen LogP contribution in [-0.2, 0) is 0 Å². The van der Waals surface area contributed by atoms with Gasteiger partial charge in [-0.05, 0) is 12.1 Å².